The van der Waals surface area contributed by atoms with Gasteiger partial charge < -0.3 is 10.5 Å². The quantitative estimate of drug-likeness (QED) is 0.571. The van der Waals surface area contributed by atoms with Crippen molar-refractivity contribution in [2.75, 3.05) is 12.3 Å². The number of nitrogen functional groups attached to an aromatic ring is 1. The first-order valence-electron chi connectivity index (χ1n) is 6.77. The number of nitrogens with zero attached hydrogens (tertiary/aromatic N) is 2. The minimum absolute atomic E-state index is 0.437. The van der Waals surface area contributed by atoms with E-state index in [2.05, 4.69) is 16.5 Å². The summed E-state index contributed by atoms with van der Waals surface area (Å²) in [6, 6.07) is 9.59. The highest BCUT2D eigenvalue weighted by molar-refractivity contribution is 7.13. The van der Waals surface area contributed by atoms with Crippen molar-refractivity contribution in [1.29, 1.82) is 0 Å². The van der Waals surface area contributed by atoms with Crippen molar-refractivity contribution in [1.82, 2.24) is 9.97 Å². The van der Waals surface area contributed by atoms with Gasteiger partial charge in [0.05, 0.1) is 11.4 Å². The van der Waals surface area contributed by atoms with E-state index < -0.39 is 0 Å². The van der Waals surface area contributed by atoms with Crippen LogP contribution >= 0.6 is 11.3 Å². The van der Waals surface area contributed by atoms with Crippen molar-refractivity contribution in [2.45, 2.75) is 0 Å². The Balaban J connectivity index is 1.87. The van der Waals surface area contributed by atoms with E-state index in [9.17, 15) is 0 Å². The largest absolute Gasteiger partial charge is 0.487 e. The average Bonchev–Trinajstić information content (AvgIpc) is 3.04. The number of rotatable bonds is 5. The summed E-state index contributed by atoms with van der Waals surface area (Å²) in [4.78, 5) is 8.68. The van der Waals surface area contributed by atoms with Gasteiger partial charge in [-0.05, 0) is 30.3 Å². The zero-order valence-electron chi connectivity index (χ0n) is 11.9. The van der Waals surface area contributed by atoms with Gasteiger partial charge in [-0.2, -0.15) is 0 Å². The Morgan fingerprint density at radius 3 is 2.73 bits per heavy atom. The molecule has 0 radical (unpaired) electrons. The Bertz CT molecular complexity index is 784. The van der Waals surface area contributed by atoms with E-state index in [1.54, 1.807) is 29.8 Å². The van der Waals surface area contributed by atoms with Gasteiger partial charge in [-0.1, -0.05) is 12.7 Å². The molecule has 1 aromatic carbocycles. The van der Waals surface area contributed by atoms with Crippen LogP contribution in [-0.4, -0.2) is 16.6 Å². The van der Waals surface area contributed by atoms with Crippen molar-refractivity contribution in [3.8, 4) is 27.6 Å². The van der Waals surface area contributed by atoms with Gasteiger partial charge in [0, 0.05) is 28.9 Å². The molecule has 2 aromatic heterocycles. The molecule has 22 heavy (non-hydrogen) atoms. The average molecular weight is 309 g/mol. The van der Waals surface area contributed by atoms with Crippen LogP contribution in [0, 0.1) is 0 Å². The van der Waals surface area contributed by atoms with Gasteiger partial charge in [0.1, 0.15) is 17.4 Å². The zero-order chi connectivity index (χ0) is 15.4. The monoisotopic (exact) mass is 309 g/mol. The van der Waals surface area contributed by atoms with Crippen molar-refractivity contribution >= 4 is 17.0 Å². The smallest absolute Gasteiger partial charge is 0.142 e. The molecule has 3 rings (SSSR count). The molecule has 0 saturated carbocycles. The maximum Gasteiger partial charge on any atom is 0.142 e. The number of hydrogen-bond acceptors (Lipinski definition) is 5. The molecule has 0 spiro atoms. The van der Waals surface area contributed by atoms with Crippen LogP contribution in [0.25, 0.3) is 21.8 Å². The second-order valence-electron chi connectivity index (χ2n) is 4.63. The number of thiazole rings is 1. The van der Waals surface area contributed by atoms with Crippen molar-refractivity contribution < 1.29 is 4.74 Å². The Hall–Kier alpha value is -2.66. The van der Waals surface area contributed by atoms with Crippen LogP contribution in [0.2, 0.25) is 0 Å². The molecule has 0 aliphatic heterocycles. The predicted octanol–water partition coefficient (Wildman–Crippen LogP) is 4.02. The van der Waals surface area contributed by atoms with E-state index in [0.29, 0.717) is 18.0 Å². The summed E-state index contributed by atoms with van der Waals surface area (Å²) in [7, 11) is 0. The summed E-state index contributed by atoms with van der Waals surface area (Å²) >= 11 is 1.60. The lowest BCUT2D eigenvalue weighted by Gasteiger charge is -2.07. The third-order valence-electron chi connectivity index (χ3n) is 3.09. The second-order valence-corrected chi connectivity index (χ2v) is 5.48. The molecule has 4 nitrogen and oxygen atoms in total. The van der Waals surface area contributed by atoms with Gasteiger partial charge in [0.15, 0.2) is 0 Å². The van der Waals surface area contributed by atoms with Gasteiger partial charge in [-0.25, -0.2) is 4.98 Å². The van der Waals surface area contributed by atoms with E-state index in [0.717, 1.165) is 21.8 Å². The van der Waals surface area contributed by atoms with E-state index >= 15 is 0 Å². The molecule has 0 fully saturated rings. The van der Waals surface area contributed by atoms with E-state index in [1.807, 2.05) is 35.7 Å². The number of anilines is 1. The van der Waals surface area contributed by atoms with Crippen LogP contribution < -0.4 is 10.5 Å². The summed E-state index contributed by atoms with van der Waals surface area (Å²) in [5, 5.41) is 2.98. The molecule has 0 bridgehead atoms. The molecule has 0 unspecified atom stereocenters. The highest BCUT2D eigenvalue weighted by atomic mass is 32.1. The van der Waals surface area contributed by atoms with E-state index in [1.165, 1.54) is 0 Å². The van der Waals surface area contributed by atoms with Gasteiger partial charge >= 0.3 is 0 Å². The highest BCUT2D eigenvalue weighted by Gasteiger charge is 2.08. The zero-order valence-corrected chi connectivity index (χ0v) is 12.7. The number of hydrogen-bond donors (Lipinski definition) is 1. The predicted molar refractivity (Wildman–Crippen MR) is 90.9 cm³/mol. The fourth-order valence-corrected chi connectivity index (χ4v) is 2.86. The summed E-state index contributed by atoms with van der Waals surface area (Å²) in [6.45, 7) is 4.06. The fourth-order valence-electron chi connectivity index (χ4n) is 2.02. The third kappa shape index (κ3) is 2.99. The Morgan fingerprint density at radius 1 is 1.18 bits per heavy atom. The highest BCUT2D eigenvalue weighted by Crippen LogP contribution is 2.32. The van der Waals surface area contributed by atoms with Gasteiger partial charge in [-0.3, -0.25) is 4.98 Å². The molecule has 3 aromatic rings. The molecule has 0 saturated heterocycles. The SMILES string of the molecule is C=CCOc1ccc(-c2csc(-c3ccncc3)n2)cc1N. The molecular formula is C17H15N3OS. The van der Waals surface area contributed by atoms with Crippen molar-refractivity contribution in [2.24, 2.45) is 0 Å². The number of ether oxygens (including phenoxy) is 1. The lowest BCUT2D eigenvalue weighted by Crippen LogP contribution is -1.97. The first kappa shape index (κ1) is 14.3. The maximum absolute atomic E-state index is 6.03. The molecule has 110 valence electrons. The van der Waals surface area contributed by atoms with Crippen molar-refractivity contribution in [3.05, 3.63) is 60.8 Å². The molecule has 0 amide bonds. The summed E-state index contributed by atoms with van der Waals surface area (Å²) in [5.74, 6) is 0.660. The first-order chi connectivity index (χ1) is 10.8. The maximum atomic E-state index is 6.03. The lowest BCUT2D eigenvalue weighted by molar-refractivity contribution is 0.365. The van der Waals surface area contributed by atoms with Crippen LogP contribution in [0.4, 0.5) is 5.69 Å². The Labute approximate surface area is 132 Å². The topological polar surface area (TPSA) is 61.0 Å². The first-order valence-corrected chi connectivity index (χ1v) is 7.65. The van der Waals surface area contributed by atoms with E-state index in [-0.39, 0.29) is 0 Å². The number of benzene rings is 1. The summed E-state index contributed by atoms with van der Waals surface area (Å²) in [5.41, 5.74) is 9.55. The summed E-state index contributed by atoms with van der Waals surface area (Å²) in [6.07, 6.45) is 5.22. The second kappa shape index (κ2) is 6.41. The Morgan fingerprint density at radius 2 is 2.00 bits per heavy atom. The number of nitrogens with two attached hydrogens (primary N) is 1. The van der Waals surface area contributed by atoms with Gasteiger partial charge in [0.2, 0.25) is 0 Å². The fraction of sp³-hybridized carbons (Fsp3) is 0.0588. The lowest BCUT2D eigenvalue weighted by atomic mass is 10.1. The number of aromatic nitrogens is 2. The minimum Gasteiger partial charge on any atom is -0.487 e. The molecule has 5 heteroatoms. The van der Waals surface area contributed by atoms with Crippen LogP contribution in [0.3, 0.4) is 0 Å². The van der Waals surface area contributed by atoms with Crippen LogP contribution in [0.15, 0.2) is 60.8 Å². The van der Waals surface area contributed by atoms with Crippen molar-refractivity contribution in [3.63, 3.8) is 0 Å². The molecular weight excluding hydrogens is 294 g/mol. The molecule has 0 aliphatic carbocycles. The van der Waals surface area contributed by atoms with Crippen LogP contribution in [0.1, 0.15) is 0 Å². The molecule has 0 aliphatic rings. The van der Waals surface area contributed by atoms with Crippen LogP contribution in [-0.2, 0) is 0 Å². The third-order valence-corrected chi connectivity index (χ3v) is 3.99. The minimum atomic E-state index is 0.437. The van der Waals surface area contributed by atoms with Crippen LogP contribution in [0.5, 0.6) is 5.75 Å². The molecule has 2 N–H and O–H groups in total. The Kier molecular flexibility index (Phi) is 4.16. The molecule has 0 atom stereocenters. The van der Waals surface area contributed by atoms with E-state index in [4.69, 9.17) is 10.5 Å². The standard InChI is InChI=1S/C17H15N3OS/c1-2-9-21-16-4-3-13(10-14(16)18)15-11-22-17(20-15)12-5-7-19-8-6-12/h2-8,10-11H,1,9,18H2. The molecule has 2 heterocycles. The van der Waals surface area contributed by atoms with Gasteiger partial charge in [0.25, 0.3) is 0 Å². The normalized spacial score (nSPS) is 10.4. The van der Waals surface area contributed by atoms with Gasteiger partial charge in [-0.15, -0.1) is 11.3 Å². The summed E-state index contributed by atoms with van der Waals surface area (Å²) < 4.78 is 5.48. The number of pyridine rings is 1.